The molecule has 0 aromatic rings. The summed E-state index contributed by atoms with van der Waals surface area (Å²) < 4.78 is 43.1. The molecular weight excluding hydrogens is 255 g/mol. The van der Waals surface area contributed by atoms with Crippen molar-refractivity contribution in [2.24, 2.45) is 5.92 Å². The van der Waals surface area contributed by atoms with E-state index in [9.17, 15) is 13.2 Å². The molecule has 0 aromatic carbocycles. The van der Waals surface area contributed by atoms with Gasteiger partial charge < -0.3 is 10.1 Å². The summed E-state index contributed by atoms with van der Waals surface area (Å²) in [7, 11) is 1.68. The maximum absolute atomic E-state index is 12.6. The van der Waals surface area contributed by atoms with Gasteiger partial charge in [0.05, 0.1) is 11.5 Å². The zero-order chi connectivity index (χ0) is 14.7. The smallest absolute Gasteiger partial charge is 0.379 e. The molecule has 0 radical (unpaired) electrons. The van der Waals surface area contributed by atoms with Crippen LogP contribution in [0.15, 0.2) is 0 Å². The standard InChI is InChI=1S/C14H26F3NO/c1-10(9-13(2,3)19-4)18-12-7-5-11(6-8-12)14(15,16)17/h10-12,18H,5-9H2,1-4H3. The minimum atomic E-state index is -4.02. The monoisotopic (exact) mass is 281 g/mol. The van der Waals surface area contributed by atoms with E-state index in [1.54, 1.807) is 7.11 Å². The minimum absolute atomic E-state index is 0.199. The number of hydrogen-bond acceptors (Lipinski definition) is 2. The molecular formula is C14H26F3NO. The van der Waals surface area contributed by atoms with Crippen molar-refractivity contribution >= 4 is 0 Å². The Morgan fingerprint density at radius 3 is 2.11 bits per heavy atom. The Bertz CT molecular complexity index is 270. The van der Waals surface area contributed by atoms with Crippen molar-refractivity contribution in [1.29, 1.82) is 0 Å². The van der Waals surface area contributed by atoms with Gasteiger partial charge in [-0.15, -0.1) is 0 Å². The van der Waals surface area contributed by atoms with Gasteiger partial charge >= 0.3 is 6.18 Å². The molecule has 0 heterocycles. The third kappa shape index (κ3) is 5.69. The molecule has 19 heavy (non-hydrogen) atoms. The molecule has 0 saturated heterocycles. The summed E-state index contributed by atoms with van der Waals surface area (Å²) in [5, 5.41) is 3.43. The molecule has 1 aliphatic carbocycles. The van der Waals surface area contributed by atoms with Gasteiger partial charge in [0.15, 0.2) is 0 Å². The summed E-state index contributed by atoms with van der Waals surface area (Å²) in [6.45, 7) is 6.11. The third-order valence-electron chi connectivity index (χ3n) is 4.06. The number of alkyl halides is 3. The van der Waals surface area contributed by atoms with Crippen LogP contribution >= 0.6 is 0 Å². The summed E-state index contributed by atoms with van der Waals surface area (Å²) >= 11 is 0. The van der Waals surface area contributed by atoms with E-state index in [4.69, 9.17) is 4.74 Å². The van der Waals surface area contributed by atoms with Gasteiger partial charge in [0.2, 0.25) is 0 Å². The molecule has 114 valence electrons. The molecule has 1 aliphatic rings. The van der Waals surface area contributed by atoms with Gasteiger partial charge in [0.25, 0.3) is 0 Å². The Labute approximate surface area is 114 Å². The lowest BCUT2D eigenvalue weighted by Gasteiger charge is -2.34. The number of rotatable bonds is 5. The summed E-state index contributed by atoms with van der Waals surface area (Å²) in [5.41, 5.74) is -0.199. The first-order chi connectivity index (χ1) is 8.64. The van der Waals surface area contributed by atoms with Gasteiger partial charge in [0, 0.05) is 19.2 Å². The lowest BCUT2D eigenvalue weighted by Crippen LogP contribution is -2.44. The predicted octanol–water partition coefficient (Wildman–Crippen LogP) is 3.90. The molecule has 0 bridgehead atoms. The topological polar surface area (TPSA) is 21.3 Å². The van der Waals surface area contributed by atoms with E-state index < -0.39 is 12.1 Å². The van der Waals surface area contributed by atoms with Crippen LogP contribution in [0.25, 0.3) is 0 Å². The van der Waals surface area contributed by atoms with Crippen molar-refractivity contribution in [2.75, 3.05) is 7.11 Å². The Balaban J connectivity index is 2.33. The fourth-order valence-electron chi connectivity index (χ4n) is 2.87. The molecule has 0 aliphatic heterocycles. The first kappa shape index (κ1) is 16.8. The Hall–Kier alpha value is -0.290. The minimum Gasteiger partial charge on any atom is -0.379 e. The molecule has 1 rings (SSSR count). The van der Waals surface area contributed by atoms with E-state index in [0.717, 1.165) is 6.42 Å². The molecule has 1 saturated carbocycles. The van der Waals surface area contributed by atoms with Crippen molar-refractivity contribution in [3.8, 4) is 0 Å². The molecule has 1 unspecified atom stereocenters. The van der Waals surface area contributed by atoms with Crippen LogP contribution < -0.4 is 5.32 Å². The first-order valence-corrected chi connectivity index (χ1v) is 7.02. The maximum atomic E-state index is 12.6. The number of halogens is 3. The molecule has 0 amide bonds. The van der Waals surface area contributed by atoms with Crippen molar-refractivity contribution in [3.63, 3.8) is 0 Å². The highest BCUT2D eigenvalue weighted by Gasteiger charge is 2.41. The highest BCUT2D eigenvalue weighted by molar-refractivity contribution is 4.84. The van der Waals surface area contributed by atoms with Crippen LogP contribution in [0.1, 0.15) is 52.9 Å². The SMILES string of the molecule is COC(C)(C)CC(C)NC1CCC(C(F)(F)F)CC1. The van der Waals surface area contributed by atoms with Crippen LogP contribution in [0.2, 0.25) is 0 Å². The van der Waals surface area contributed by atoms with E-state index in [-0.39, 0.29) is 30.5 Å². The first-order valence-electron chi connectivity index (χ1n) is 7.02. The quantitative estimate of drug-likeness (QED) is 0.825. The normalized spacial score (nSPS) is 27.3. The van der Waals surface area contributed by atoms with Crippen LogP contribution in [0.4, 0.5) is 13.2 Å². The number of nitrogens with one attached hydrogen (secondary N) is 1. The van der Waals surface area contributed by atoms with Crippen molar-refractivity contribution in [3.05, 3.63) is 0 Å². The zero-order valence-electron chi connectivity index (χ0n) is 12.3. The van der Waals surface area contributed by atoms with Gasteiger partial charge in [-0.25, -0.2) is 0 Å². The average Bonchev–Trinajstić information content (AvgIpc) is 2.27. The second-order valence-electron chi connectivity index (χ2n) is 6.33. The van der Waals surface area contributed by atoms with Gasteiger partial charge in [-0.2, -0.15) is 13.2 Å². The molecule has 2 nitrogen and oxygen atoms in total. The lowest BCUT2D eigenvalue weighted by molar-refractivity contribution is -0.182. The van der Waals surface area contributed by atoms with E-state index in [0.29, 0.717) is 12.8 Å². The fourth-order valence-corrected chi connectivity index (χ4v) is 2.87. The molecule has 1 atom stereocenters. The lowest BCUT2D eigenvalue weighted by atomic mass is 9.85. The molecule has 1 fully saturated rings. The van der Waals surface area contributed by atoms with E-state index in [2.05, 4.69) is 12.2 Å². The van der Waals surface area contributed by atoms with Crippen LogP contribution in [0.3, 0.4) is 0 Å². The van der Waals surface area contributed by atoms with Gasteiger partial charge in [-0.3, -0.25) is 0 Å². The average molecular weight is 281 g/mol. The van der Waals surface area contributed by atoms with E-state index >= 15 is 0 Å². The molecule has 1 N–H and O–H groups in total. The summed E-state index contributed by atoms with van der Waals surface area (Å²) in [6, 6.07) is 0.462. The number of ether oxygens (including phenoxy) is 1. The van der Waals surface area contributed by atoms with Crippen molar-refractivity contribution in [1.82, 2.24) is 5.32 Å². The van der Waals surface area contributed by atoms with Crippen LogP contribution in [0, 0.1) is 5.92 Å². The molecule has 0 spiro atoms. The largest absolute Gasteiger partial charge is 0.391 e. The highest BCUT2D eigenvalue weighted by Crippen LogP contribution is 2.37. The van der Waals surface area contributed by atoms with E-state index in [1.165, 1.54) is 0 Å². The second-order valence-corrected chi connectivity index (χ2v) is 6.33. The van der Waals surface area contributed by atoms with Crippen LogP contribution in [-0.4, -0.2) is 31.0 Å². The van der Waals surface area contributed by atoms with Crippen molar-refractivity contribution in [2.45, 2.75) is 76.7 Å². The molecule has 5 heteroatoms. The maximum Gasteiger partial charge on any atom is 0.391 e. The van der Waals surface area contributed by atoms with Crippen molar-refractivity contribution < 1.29 is 17.9 Å². The summed E-state index contributed by atoms with van der Waals surface area (Å²) in [4.78, 5) is 0. The number of methoxy groups -OCH3 is 1. The Morgan fingerprint density at radius 2 is 1.68 bits per heavy atom. The van der Waals surface area contributed by atoms with Crippen LogP contribution in [0.5, 0.6) is 0 Å². The molecule has 0 aromatic heterocycles. The van der Waals surface area contributed by atoms with Gasteiger partial charge in [-0.1, -0.05) is 0 Å². The Morgan fingerprint density at radius 1 is 1.16 bits per heavy atom. The third-order valence-corrected chi connectivity index (χ3v) is 4.06. The summed E-state index contributed by atoms with van der Waals surface area (Å²) in [6.07, 6.45) is -1.44. The highest BCUT2D eigenvalue weighted by atomic mass is 19.4. The zero-order valence-corrected chi connectivity index (χ0v) is 12.3. The Kier molecular flexibility index (Phi) is 5.68. The van der Waals surface area contributed by atoms with Gasteiger partial charge in [-0.05, 0) is 52.9 Å². The fraction of sp³-hybridized carbons (Fsp3) is 1.00. The van der Waals surface area contributed by atoms with E-state index in [1.807, 2.05) is 13.8 Å². The van der Waals surface area contributed by atoms with Gasteiger partial charge in [0.1, 0.15) is 0 Å². The number of hydrogen-bond donors (Lipinski definition) is 1. The second kappa shape index (κ2) is 6.44. The predicted molar refractivity (Wildman–Crippen MR) is 70.1 cm³/mol. The van der Waals surface area contributed by atoms with Crippen LogP contribution in [-0.2, 0) is 4.74 Å². The summed E-state index contributed by atoms with van der Waals surface area (Å²) in [5.74, 6) is -1.10.